The van der Waals surface area contributed by atoms with E-state index in [1.54, 1.807) is 12.3 Å². The third-order valence-corrected chi connectivity index (χ3v) is 4.96. The highest BCUT2D eigenvalue weighted by atomic mass is 35.5. The molecule has 1 saturated heterocycles. The van der Waals surface area contributed by atoms with Crippen LogP contribution in [0.15, 0.2) is 12.3 Å². The number of halogens is 1. The van der Waals surface area contributed by atoms with Crippen molar-refractivity contribution in [3.05, 3.63) is 23.0 Å². The second kappa shape index (κ2) is 5.64. The highest BCUT2D eigenvalue weighted by molar-refractivity contribution is 7.90. The number of anilines is 1. The van der Waals surface area contributed by atoms with E-state index in [9.17, 15) is 8.42 Å². The summed E-state index contributed by atoms with van der Waals surface area (Å²) in [5, 5.41) is 0.166. The number of hydrogen-bond acceptors (Lipinski definition) is 3. The van der Waals surface area contributed by atoms with Gasteiger partial charge < -0.3 is 0 Å². The molecular formula is C12H18ClN3O2S. The summed E-state index contributed by atoms with van der Waals surface area (Å²) in [6.45, 7) is 5.00. The van der Waals surface area contributed by atoms with Gasteiger partial charge in [-0.3, -0.25) is 4.72 Å². The Morgan fingerprint density at radius 2 is 2.26 bits per heavy atom. The minimum atomic E-state index is -3.55. The Balaban J connectivity index is 2.18. The molecule has 5 nitrogen and oxygen atoms in total. The molecule has 0 saturated carbocycles. The minimum absolute atomic E-state index is 0.166. The Labute approximate surface area is 119 Å². The molecule has 2 heterocycles. The Kier molecular flexibility index (Phi) is 4.32. The molecule has 0 aromatic carbocycles. The van der Waals surface area contributed by atoms with Crippen molar-refractivity contribution in [2.75, 3.05) is 17.8 Å². The average Bonchev–Trinajstić information content (AvgIpc) is 2.33. The van der Waals surface area contributed by atoms with Gasteiger partial charge in [-0.25, -0.2) is 4.98 Å². The van der Waals surface area contributed by atoms with Crippen LogP contribution < -0.4 is 4.72 Å². The Morgan fingerprint density at radius 1 is 1.53 bits per heavy atom. The van der Waals surface area contributed by atoms with Crippen LogP contribution in [0.2, 0.25) is 5.15 Å². The van der Waals surface area contributed by atoms with E-state index in [1.165, 1.54) is 4.31 Å². The summed E-state index contributed by atoms with van der Waals surface area (Å²) in [6.07, 6.45) is 3.56. The number of rotatable bonds is 3. The normalized spacial score (nSPS) is 21.3. The molecule has 1 aromatic rings. The molecule has 19 heavy (non-hydrogen) atoms. The van der Waals surface area contributed by atoms with Gasteiger partial charge in [0.25, 0.3) is 0 Å². The zero-order valence-electron chi connectivity index (χ0n) is 11.1. The molecule has 0 amide bonds. The topological polar surface area (TPSA) is 62.3 Å². The van der Waals surface area contributed by atoms with Gasteiger partial charge in [-0.1, -0.05) is 18.5 Å². The van der Waals surface area contributed by atoms with Gasteiger partial charge in [0.1, 0.15) is 0 Å². The van der Waals surface area contributed by atoms with Crippen LogP contribution in [0.3, 0.4) is 0 Å². The van der Waals surface area contributed by atoms with E-state index in [4.69, 9.17) is 11.6 Å². The van der Waals surface area contributed by atoms with Crippen LogP contribution in [-0.4, -0.2) is 30.8 Å². The fourth-order valence-corrected chi connectivity index (χ4v) is 3.78. The summed E-state index contributed by atoms with van der Waals surface area (Å²) in [7, 11) is -3.55. The molecule has 0 bridgehead atoms. The van der Waals surface area contributed by atoms with Gasteiger partial charge in [-0.2, -0.15) is 12.7 Å². The predicted molar refractivity (Wildman–Crippen MR) is 76.5 cm³/mol. The van der Waals surface area contributed by atoms with Gasteiger partial charge >= 0.3 is 10.2 Å². The van der Waals surface area contributed by atoms with Crippen molar-refractivity contribution in [3.8, 4) is 0 Å². The SMILES string of the molecule is Cc1cnc(Cl)c(NS(=O)(=O)N2CCCC(C)C2)c1. The number of pyridine rings is 1. The lowest BCUT2D eigenvalue weighted by Crippen LogP contribution is -2.42. The van der Waals surface area contributed by atoms with Crippen LogP contribution in [0.1, 0.15) is 25.3 Å². The summed E-state index contributed by atoms with van der Waals surface area (Å²) in [5.74, 6) is 0.386. The summed E-state index contributed by atoms with van der Waals surface area (Å²) < 4.78 is 28.6. The van der Waals surface area contributed by atoms with E-state index in [0.717, 1.165) is 18.4 Å². The lowest BCUT2D eigenvalue weighted by Gasteiger charge is -2.30. The van der Waals surface area contributed by atoms with Gasteiger partial charge in [0.05, 0.1) is 5.69 Å². The lowest BCUT2D eigenvalue weighted by molar-refractivity contribution is 0.282. The first-order valence-corrected chi connectivity index (χ1v) is 8.10. The molecule has 0 spiro atoms. The zero-order chi connectivity index (χ0) is 14.0. The number of aryl methyl sites for hydroxylation is 1. The fraction of sp³-hybridized carbons (Fsp3) is 0.583. The first-order valence-electron chi connectivity index (χ1n) is 6.28. The van der Waals surface area contributed by atoms with Crippen molar-refractivity contribution in [2.45, 2.75) is 26.7 Å². The van der Waals surface area contributed by atoms with E-state index < -0.39 is 10.2 Å². The Bertz CT molecular complexity index is 562. The molecule has 0 radical (unpaired) electrons. The molecule has 1 aliphatic heterocycles. The molecule has 106 valence electrons. The average molecular weight is 304 g/mol. The second-order valence-electron chi connectivity index (χ2n) is 5.06. The van der Waals surface area contributed by atoms with E-state index in [2.05, 4.69) is 16.6 Å². The first-order chi connectivity index (χ1) is 8.88. The second-order valence-corrected chi connectivity index (χ2v) is 7.09. The van der Waals surface area contributed by atoms with Crippen LogP contribution in [0.25, 0.3) is 0 Å². The number of nitrogens with one attached hydrogen (secondary N) is 1. The smallest absolute Gasteiger partial charge is 0.268 e. The largest absolute Gasteiger partial charge is 0.301 e. The van der Waals surface area contributed by atoms with E-state index in [1.807, 2.05) is 6.92 Å². The highest BCUT2D eigenvalue weighted by Gasteiger charge is 2.27. The third kappa shape index (κ3) is 3.58. The van der Waals surface area contributed by atoms with E-state index >= 15 is 0 Å². The minimum Gasteiger partial charge on any atom is -0.268 e. The van der Waals surface area contributed by atoms with E-state index in [-0.39, 0.29) is 5.15 Å². The van der Waals surface area contributed by atoms with Crippen molar-refractivity contribution in [1.82, 2.24) is 9.29 Å². The highest BCUT2D eigenvalue weighted by Crippen LogP contribution is 2.24. The maximum absolute atomic E-state index is 12.3. The fourth-order valence-electron chi connectivity index (χ4n) is 2.19. The van der Waals surface area contributed by atoms with Gasteiger partial charge in [0.15, 0.2) is 5.15 Å². The molecule has 1 aromatic heterocycles. The molecule has 1 aliphatic rings. The molecule has 1 fully saturated rings. The number of aromatic nitrogens is 1. The predicted octanol–water partition coefficient (Wildman–Crippen LogP) is 2.43. The quantitative estimate of drug-likeness (QED) is 0.872. The van der Waals surface area contributed by atoms with Crippen molar-refractivity contribution in [1.29, 1.82) is 0 Å². The summed E-state index contributed by atoms with van der Waals surface area (Å²) in [4.78, 5) is 3.94. The van der Waals surface area contributed by atoms with Crippen LogP contribution in [0.4, 0.5) is 5.69 Å². The summed E-state index contributed by atoms with van der Waals surface area (Å²) >= 11 is 5.91. The number of hydrogen-bond donors (Lipinski definition) is 1. The van der Waals surface area contributed by atoms with Crippen LogP contribution >= 0.6 is 11.6 Å². The molecule has 1 atom stereocenters. The third-order valence-electron chi connectivity index (χ3n) is 3.17. The summed E-state index contributed by atoms with van der Waals surface area (Å²) in [5.41, 5.74) is 1.19. The zero-order valence-corrected chi connectivity index (χ0v) is 12.6. The van der Waals surface area contributed by atoms with E-state index in [0.29, 0.717) is 24.7 Å². The molecular weight excluding hydrogens is 286 g/mol. The van der Waals surface area contributed by atoms with Crippen LogP contribution in [0.5, 0.6) is 0 Å². The monoisotopic (exact) mass is 303 g/mol. The van der Waals surface area contributed by atoms with Gasteiger partial charge in [0, 0.05) is 19.3 Å². The molecule has 1 unspecified atom stereocenters. The van der Waals surface area contributed by atoms with Crippen molar-refractivity contribution in [2.24, 2.45) is 5.92 Å². The molecule has 2 rings (SSSR count). The molecule has 0 aliphatic carbocycles. The van der Waals surface area contributed by atoms with Gasteiger partial charge in [0.2, 0.25) is 0 Å². The van der Waals surface area contributed by atoms with Crippen molar-refractivity contribution in [3.63, 3.8) is 0 Å². The number of piperidine rings is 1. The lowest BCUT2D eigenvalue weighted by atomic mass is 10.0. The first kappa shape index (κ1) is 14.6. The number of nitrogens with zero attached hydrogens (tertiary/aromatic N) is 2. The Hall–Kier alpha value is -0.850. The van der Waals surface area contributed by atoms with Gasteiger partial charge in [-0.15, -0.1) is 0 Å². The summed E-state index contributed by atoms with van der Waals surface area (Å²) in [6, 6.07) is 1.68. The van der Waals surface area contributed by atoms with Crippen molar-refractivity contribution >= 4 is 27.5 Å². The van der Waals surface area contributed by atoms with Crippen LogP contribution in [-0.2, 0) is 10.2 Å². The standard InChI is InChI=1S/C12H18ClN3O2S/c1-9-4-3-5-16(8-9)19(17,18)15-11-6-10(2)7-14-12(11)13/h6-7,9,15H,3-5,8H2,1-2H3. The van der Waals surface area contributed by atoms with Crippen LogP contribution in [0, 0.1) is 12.8 Å². The molecule has 1 N–H and O–H groups in total. The molecule has 7 heteroatoms. The maximum atomic E-state index is 12.3. The van der Waals surface area contributed by atoms with Crippen molar-refractivity contribution < 1.29 is 8.42 Å². The maximum Gasteiger partial charge on any atom is 0.301 e. The Morgan fingerprint density at radius 3 is 2.95 bits per heavy atom. The van der Waals surface area contributed by atoms with Gasteiger partial charge in [-0.05, 0) is 37.3 Å².